The Labute approximate surface area is 143 Å². The van der Waals surface area contributed by atoms with Gasteiger partial charge in [0.2, 0.25) is 5.91 Å². The lowest BCUT2D eigenvalue weighted by atomic mass is 9.97. The highest BCUT2D eigenvalue weighted by atomic mass is 32.1. The lowest BCUT2D eigenvalue weighted by Gasteiger charge is -2.31. The number of aromatic nitrogens is 2. The molecule has 24 heavy (non-hydrogen) atoms. The van der Waals surface area contributed by atoms with E-state index in [0.717, 1.165) is 40.6 Å². The average Bonchev–Trinajstić information content (AvgIpc) is 3.29. The molecule has 0 unspecified atom stereocenters. The van der Waals surface area contributed by atoms with Crippen molar-refractivity contribution in [2.24, 2.45) is 5.92 Å². The largest absolute Gasteiger partial charge is 0.467 e. The number of carbonyl (C=O) groups is 1. The monoisotopic (exact) mass is 342 g/mol. The quantitative estimate of drug-likeness (QED) is 0.789. The average molecular weight is 342 g/mol. The number of pyridine rings is 1. The van der Waals surface area contributed by atoms with E-state index in [1.165, 1.54) is 0 Å². The summed E-state index contributed by atoms with van der Waals surface area (Å²) in [7, 11) is 0. The molecule has 4 rings (SSSR count). The van der Waals surface area contributed by atoms with Gasteiger partial charge in [0.05, 0.1) is 18.7 Å². The number of rotatable bonds is 4. The number of fused-ring (bicyclic) bond motifs is 1. The zero-order valence-corrected chi connectivity index (χ0v) is 14.0. The standard InChI is InChI=1S/C17H18N4O2S/c22-15(19-10-13-5-3-9-23-13)12-4-2-8-21(11-12)17-20-14-6-1-7-18-16(14)24-17/h1,3,5-7,9,12H,2,4,8,10-11H2,(H,19,22)/t12-/m0/s1. The zero-order chi connectivity index (χ0) is 16.4. The van der Waals surface area contributed by atoms with Gasteiger partial charge in [-0.1, -0.05) is 11.3 Å². The molecule has 0 spiro atoms. The summed E-state index contributed by atoms with van der Waals surface area (Å²) >= 11 is 1.59. The minimum Gasteiger partial charge on any atom is -0.467 e. The first-order valence-corrected chi connectivity index (χ1v) is 8.88. The van der Waals surface area contributed by atoms with Crippen LogP contribution in [0.1, 0.15) is 18.6 Å². The van der Waals surface area contributed by atoms with Gasteiger partial charge in [-0.05, 0) is 37.1 Å². The van der Waals surface area contributed by atoms with E-state index in [1.807, 2.05) is 24.3 Å². The topological polar surface area (TPSA) is 71.3 Å². The third kappa shape index (κ3) is 3.12. The molecule has 0 bridgehead atoms. The summed E-state index contributed by atoms with van der Waals surface area (Å²) in [5, 5.41) is 3.92. The fraction of sp³-hybridized carbons (Fsp3) is 0.353. The van der Waals surface area contributed by atoms with Gasteiger partial charge in [-0.15, -0.1) is 0 Å². The van der Waals surface area contributed by atoms with Gasteiger partial charge in [0.25, 0.3) is 0 Å². The van der Waals surface area contributed by atoms with Gasteiger partial charge in [0.1, 0.15) is 16.1 Å². The van der Waals surface area contributed by atoms with E-state index >= 15 is 0 Å². The molecule has 1 saturated heterocycles. The van der Waals surface area contributed by atoms with Crippen molar-refractivity contribution in [3.8, 4) is 0 Å². The molecule has 7 heteroatoms. The molecule has 124 valence electrons. The van der Waals surface area contributed by atoms with Crippen LogP contribution in [0.3, 0.4) is 0 Å². The minimum atomic E-state index is -0.0197. The van der Waals surface area contributed by atoms with Crippen molar-refractivity contribution in [3.63, 3.8) is 0 Å². The first-order valence-electron chi connectivity index (χ1n) is 8.06. The van der Waals surface area contributed by atoms with Gasteiger partial charge in [-0.3, -0.25) is 4.79 Å². The van der Waals surface area contributed by atoms with E-state index in [-0.39, 0.29) is 11.8 Å². The maximum absolute atomic E-state index is 12.4. The number of amides is 1. The first-order chi connectivity index (χ1) is 11.8. The van der Waals surface area contributed by atoms with Crippen LogP contribution in [0.4, 0.5) is 5.13 Å². The van der Waals surface area contributed by atoms with Gasteiger partial charge >= 0.3 is 0 Å². The van der Waals surface area contributed by atoms with Gasteiger partial charge in [0, 0.05) is 19.3 Å². The first kappa shape index (κ1) is 15.1. The van der Waals surface area contributed by atoms with Crippen LogP contribution in [-0.4, -0.2) is 29.0 Å². The van der Waals surface area contributed by atoms with E-state index in [1.54, 1.807) is 23.8 Å². The Morgan fingerprint density at radius 2 is 2.38 bits per heavy atom. The second-order valence-electron chi connectivity index (χ2n) is 5.91. The Hall–Kier alpha value is -2.41. The van der Waals surface area contributed by atoms with Crippen molar-refractivity contribution in [2.45, 2.75) is 19.4 Å². The number of furan rings is 1. The van der Waals surface area contributed by atoms with Crippen LogP contribution in [0, 0.1) is 5.92 Å². The van der Waals surface area contributed by atoms with Crippen LogP contribution in [0.25, 0.3) is 10.3 Å². The minimum absolute atomic E-state index is 0.0197. The lowest BCUT2D eigenvalue weighted by Crippen LogP contribution is -2.42. The smallest absolute Gasteiger partial charge is 0.225 e. The van der Waals surface area contributed by atoms with Gasteiger partial charge in [-0.2, -0.15) is 0 Å². The SMILES string of the molecule is O=C(NCc1ccco1)[C@H]1CCCN(c2nc3cccnc3s2)C1. The number of thiazole rings is 1. The normalized spacial score (nSPS) is 18.0. The molecule has 3 aromatic heterocycles. The summed E-state index contributed by atoms with van der Waals surface area (Å²) in [4.78, 5) is 24.6. The highest BCUT2D eigenvalue weighted by Crippen LogP contribution is 2.30. The molecule has 1 atom stereocenters. The van der Waals surface area contributed by atoms with Crippen LogP contribution >= 0.6 is 11.3 Å². The molecule has 1 fully saturated rings. The summed E-state index contributed by atoms with van der Waals surface area (Å²) < 4.78 is 5.25. The number of anilines is 1. The summed E-state index contributed by atoms with van der Waals surface area (Å²) in [6.07, 6.45) is 5.29. The van der Waals surface area contributed by atoms with Crippen LogP contribution in [0.15, 0.2) is 41.1 Å². The third-order valence-electron chi connectivity index (χ3n) is 4.23. The maximum atomic E-state index is 12.4. The second kappa shape index (κ2) is 6.60. The van der Waals surface area contributed by atoms with E-state index in [0.29, 0.717) is 13.1 Å². The molecule has 0 aliphatic carbocycles. The number of carbonyl (C=O) groups excluding carboxylic acids is 1. The second-order valence-corrected chi connectivity index (χ2v) is 6.86. The van der Waals surface area contributed by atoms with Crippen molar-refractivity contribution in [3.05, 3.63) is 42.5 Å². The summed E-state index contributed by atoms with van der Waals surface area (Å²) in [5.41, 5.74) is 0.918. The van der Waals surface area contributed by atoms with Gasteiger partial charge < -0.3 is 14.6 Å². The Kier molecular flexibility index (Phi) is 4.17. The molecule has 6 nitrogen and oxygen atoms in total. The zero-order valence-electron chi connectivity index (χ0n) is 13.1. The Morgan fingerprint density at radius 3 is 3.21 bits per heavy atom. The highest BCUT2D eigenvalue weighted by Gasteiger charge is 2.27. The van der Waals surface area contributed by atoms with Gasteiger partial charge in [0.15, 0.2) is 5.13 Å². The van der Waals surface area contributed by atoms with E-state index in [9.17, 15) is 4.79 Å². The highest BCUT2D eigenvalue weighted by molar-refractivity contribution is 7.21. The fourth-order valence-corrected chi connectivity index (χ4v) is 3.93. The Bertz CT molecular complexity index is 797. The molecule has 0 saturated carbocycles. The molecule has 1 aliphatic heterocycles. The van der Waals surface area contributed by atoms with Crippen molar-refractivity contribution in [1.82, 2.24) is 15.3 Å². The number of nitrogens with one attached hydrogen (secondary N) is 1. The molecule has 0 aromatic carbocycles. The summed E-state index contributed by atoms with van der Waals surface area (Å²) in [5.74, 6) is 0.831. The maximum Gasteiger partial charge on any atom is 0.225 e. The predicted molar refractivity (Wildman–Crippen MR) is 92.9 cm³/mol. The number of hydrogen-bond donors (Lipinski definition) is 1. The van der Waals surface area contributed by atoms with Crippen LogP contribution < -0.4 is 10.2 Å². The summed E-state index contributed by atoms with van der Waals surface area (Å²) in [6, 6.07) is 7.55. The van der Waals surface area contributed by atoms with Crippen LogP contribution in [-0.2, 0) is 11.3 Å². The van der Waals surface area contributed by atoms with Crippen molar-refractivity contribution >= 4 is 32.7 Å². The Balaban J connectivity index is 1.42. The molecule has 1 aliphatic rings. The van der Waals surface area contributed by atoms with E-state index in [2.05, 4.69) is 20.2 Å². The van der Waals surface area contributed by atoms with E-state index < -0.39 is 0 Å². The number of nitrogens with zero attached hydrogens (tertiary/aromatic N) is 3. The lowest BCUT2D eigenvalue weighted by molar-refractivity contribution is -0.125. The molecule has 1 amide bonds. The number of hydrogen-bond acceptors (Lipinski definition) is 6. The van der Waals surface area contributed by atoms with Crippen molar-refractivity contribution in [1.29, 1.82) is 0 Å². The van der Waals surface area contributed by atoms with E-state index in [4.69, 9.17) is 4.42 Å². The number of piperidine rings is 1. The fourth-order valence-electron chi connectivity index (χ4n) is 2.99. The molecule has 0 radical (unpaired) electrons. The summed E-state index contributed by atoms with van der Waals surface area (Å²) in [6.45, 7) is 2.07. The van der Waals surface area contributed by atoms with Crippen LogP contribution in [0.5, 0.6) is 0 Å². The molecule has 3 aromatic rings. The molecule has 4 heterocycles. The van der Waals surface area contributed by atoms with Crippen molar-refractivity contribution in [2.75, 3.05) is 18.0 Å². The predicted octanol–water partition coefficient (Wildman–Crippen LogP) is 2.82. The molecular weight excluding hydrogens is 324 g/mol. The van der Waals surface area contributed by atoms with Gasteiger partial charge in [-0.25, -0.2) is 9.97 Å². The van der Waals surface area contributed by atoms with Crippen LogP contribution in [0.2, 0.25) is 0 Å². The van der Waals surface area contributed by atoms with Crippen molar-refractivity contribution < 1.29 is 9.21 Å². The Morgan fingerprint density at radius 1 is 1.42 bits per heavy atom. The molecular formula is C17H18N4O2S. The molecule has 1 N–H and O–H groups in total. The third-order valence-corrected chi connectivity index (χ3v) is 5.27.